The van der Waals surface area contributed by atoms with Crippen LogP contribution in [0.5, 0.6) is 17.2 Å². The average molecular weight is 616 g/mol. The number of non-ortho nitro benzene ring substituents is 1. The molecule has 5 rings (SSSR count). The Balaban J connectivity index is 1.49. The summed E-state index contributed by atoms with van der Waals surface area (Å²) in [6.45, 7) is 3.85. The smallest absolute Gasteiger partial charge is 0.338 e. The summed E-state index contributed by atoms with van der Waals surface area (Å²) >= 11 is 1.22. The number of benzene rings is 3. The van der Waals surface area contributed by atoms with E-state index in [-0.39, 0.29) is 30.0 Å². The van der Waals surface area contributed by atoms with Gasteiger partial charge in [-0.2, -0.15) is 0 Å². The van der Waals surface area contributed by atoms with Crippen molar-refractivity contribution in [1.82, 2.24) is 4.57 Å². The number of allylic oxidation sites excluding steroid dienone is 1. The standard InChI is InChI=1S/C32H29N3O8S/c1-5-42-31(37)28-19(2)33-32-34(29(28)25-15-14-24(40-3)17-26(25)41-4)30(36)27(44-32)16-20-8-12-23(13-9-20)43-18-21-6-10-22(11-7-21)35(38)39/h6-17,29H,5,18H2,1-4H3/b27-16-. The Morgan fingerprint density at radius 2 is 1.75 bits per heavy atom. The van der Waals surface area contributed by atoms with Gasteiger partial charge < -0.3 is 18.9 Å². The highest BCUT2D eigenvalue weighted by atomic mass is 32.1. The zero-order valence-corrected chi connectivity index (χ0v) is 25.3. The zero-order chi connectivity index (χ0) is 31.4. The summed E-state index contributed by atoms with van der Waals surface area (Å²) in [6.07, 6.45) is 1.76. The molecule has 44 heavy (non-hydrogen) atoms. The van der Waals surface area contributed by atoms with Crippen LogP contribution >= 0.6 is 11.3 Å². The Kier molecular flexibility index (Phi) is 8.91. The number of carbonyl (C=O) groups is 1. The Bertz CT molecular complexity index is 1930. The van der Waals surface area contributed by atoms with Crippen molar-refractivity contribution in [2.45, 2.75) is 26.5 Å². The van der Waals surface area contributed by atoms with Crippen molar-refractivity contribution in [3.8, 4) is 17.2 Å². The molecule has 11 nitrogen and oxygen atoms in total. The fourth-order valence-corrected chi connectivity index (χ4v) is 5.87. The summed E-state index contributed by atoms with van der Waals surface area (Å²) in [4.78, 5) is 42.6. The van der Waals surface area contributed by atoms with Gasteiger partial charge in [-0.15, -0.1) is 0 Å². The second kappa shape index (κ2) is 13.0. The molecule has 0 radical (unpaired) electrons. The number of nitro groups is 1. The topological polar surface area (TPSA) is 131 Å². The van der Waals surface area contributed by atoms with Crippen molar-refractivity contribution < 1.29 is 28.7 Å². The predicted octanol–water partition coefficient (Wildman–Crippen LogP) is 4.30. The first-order valence-corrected chi connectivity index (χ1v) is 14.4. The number of nitrogens with zero attached hydrogens (tertiary/aromatic N) is 3. The zero-order valence-electron chi connectivity index (χ0n) is 24.4. The molecule has 0 saturated heterocycles. The molecular formula is C32H29N3O8S. The normalized spacial score (nSPS) is 14.5. The second-order valence-corrected chi connectivity index (χ2v) is 10.7. The molecule has 0 aliphatic carbocycles. The number of fused-ring (bicyclic) bond motifs is 1. The minimum atomic E-state index is -0.830. The molecule has 2 heterocycles. The van der Waals surface area contributed by atoms with E-state index in [4.69, 9.17) is 18.9 Å². The highest BCUT2D eigenvalue weighted by molar-refractivity contribution is 7.07. The van der Waals surface area contributed by atoms with Crippen LogP contribution < -0.4 is 29.1 Å². The molecule has 1 unspecified atom stereocenters. The van der Waals surface area contributed by atoms with Gasteiger partial charge >= 0.3 is 5.97 Å². The van der Waals surface area contributed by atoms with Gasteiger partial charge in [-0.25, -0.2) is 9.79 Å². The van der Waals surface area contributed by atoms with E-state index in [1.807, 2.05) is 12.1 Å². The van der Waals surface area contributed by atoms with Crippen molar-refractivity contribution in [3.05, 3.63) is 124 Å². The third kappa shape index (κ3) is 6.11. The fraction of sp³-hybridized carbons (Fsp3) is 0.219. The molecule has 1 aromatic heterocycles. The summed E-state index contributed by atoms with van der Waals surface area (Å²) in [6, 6.07) is 17.8. The Morgan fingerprint density at radius 1 is 1.05 bits per heavy atom. The molecule has 4 aromatic rings. The van der Waals surface area contributed by atoms with Crippen LogP contribution in [0.15, 0.2) is 87.8 Å². The number of ether oxygens (including phenoxy) is 4. The van der Waals surface area contributed by atoms with E-state index >= 15 is 0 Å². The molecule has 226 valence electrons. The maximum absolute atomic E-state index is 13.9. The third-order valence-electron chi connectivity index (χ3n) is 6.98. The number of rotatable bonds is 10. The number of nitro benzene ring substituents is 1. The van der Waals surface area contributed by atoms with E-state index in [1.165, 1.54) is 35.1 Å². The summed E-state index contributed by atoms with van der Waals surface area (Å²) < 4.78 is 24.1. The van der Waals surface area contributed by atoms with Crippen LogP contribution in [0.2, 0.25) is 0 Å². The molecule has 12 heteroatoms. The SMILES string of the molecule is CCOC(=O)C1=C(C)N=c2s/c(=C\c3ccc(OCc4ccc([N+](=O)[O-])cc4)cc3)c(=O)n2C1c1ccc(OC)cc1OC. The van der Waals surface area contributed by atoms with Crippen molar-refractivity contribution in [1.29, 1.82) is 0 Å². The van der Waals surface area contributed by atoms with E-state index in [2.05, 4.69) is 4.99 Å². The molecule has 0 spiro atoms. The van der Waals surface area contributed by atoms with Crippen molar-refractivity contribution in [3.63, 3.8) is 0 Å². The van der Waals surface area contributed by atoms with E-state index < -0.39 is 16.9 Å². The van der Waals surface area contributed by atoms with Gasteiger partial charge in [-0.1, -0.05) is 23.5 Å². The predicted molar refractivity (Wildman–Crippen MR) is 164 cm³/mol. The first-order valence-electron chi connectivity index (χ1n) is 13.6. The fourth-order valence-electron chi connectivity index (χ4n) is 4.82. The maximum Gasteiger partial charge on any atom is 0.338 e. The molecule has 0 fully saturated rings. The van der Waals surface area contributed by atoms with Crippen molar-refractivity contribution in [2.24, 2.45) is 4.99 Å². The molecule has 0 N–H and O–H groups in total. The molecule has 3 aromatic carbocycles. The Hall–Kier alpha value is -5.23. The second-order valence-electron chi connectivity index (χ2n) is 9.69. The first kappa shape index (κ1) is 30.2. The van der Waals surface area contributed by atoms with Crippen LogP contribution in [0.25, 0.3) is 6.08 Å². The van der Waals surface area contributed by atoms with E-state index in [0.29, 0.717) is 37.8 Å². The highest BCUT2D eigenvalue weighted by Crippen LogP contribution is 2.37. The maximum atomic E-state index is 13.9. The number of methoxy groups -OCH3 is 2. The first-order chi connectivity index (χ1) is 21.2. The average Bonchev–Trinajstić information content (AvgIpc) is 3.33. The molecule has 1 aliphatic heterocycles. The lowest BCUT2D eigenvalue weighted by Gasteiger charge is -2.26. The number of aromatic nitrogens is 1. The van der Waals surface area contributed by atoms with Crippen molar-refractivity contribution >= 4 is 29.1 Å². The molecule has 0 saturated carbocycles. The van der Waals surface area contributed by atoms with Crippen LogP contribution in [-0.4, -0.2) is 36.3 Å². The van der Waals surface area contributed by atoms with Gasteiger partial charge in [-0.3, -0.25) is 19.5 Å². The van der Waals surface area contributed by atoms with E-state index in [9.17, 15) is 19.7 Å². The van der Waals surface area contributed by atoms with Gasteiger partial charge in [0.15, 0.2) is 4.80 Å². The van der Waals surface area contributed by atoms with Crippen LogP contribution in [0, 0.1) is 10.1 Å². The lowest BCUT2D eigenvalue weighted by Crippen LogP contribution is -2.40. The molecule has 0 amide bonds. The summed E-state index contributed by atoms with van der Waals surface area (Å²) in [7, 11) is 3.06. The highest BCUT2D eigenvalue weighted by Gasteiger charge is 2.35. The molecular weight excluding hydrogens is 586 g/mol. The van der Waals surface area contributed by atoms with Gasteiger partial charge in [0.2, 0.25) is 0 Å². The van der Waals surface area contributed by atoms with E-state index in [0.717, 1.165) is 11.1 Å². The van der Waals surface area contributed by atoms with Gasteiger partial charge in [0.25, 0.3) is 11.2 Å². The van der Waals surface area contributed by atoms with Crippen LogP contribution in [0.1, 0.15) is 36.6 Å². The lowest BCUT2D eigenvalue weighted by molar-refractivity contribution is -0.384. The summed E-state index contributed by atoms with van der Waals surface area (Å²) in [5.41, 5.74) is 2.55. The number of esters is 1. The molecule has 0 bridgehead atoms. The third-order valence-corrected chi connectivity index (χ3v) is 7.97. The number of thiazole rings is 1. The van der Waals surface area contributed by atoms with E-state index in [1.54, 1.807) is 69.5 Å². The monoisotopic (exact) mass is 615 g/mol. The molecule has 1 atom stereocenters. The quantitative estimate of drug-likeness (QED) is 0.147. The number of hydrogen-bond donors (Lipinski definition) is 0. The van der Waals surface area contributed by atoms with Gasteiger partial charge in [0, 0.05) is 23.8 Å². The van der Waals surface area contributed by atoms with Crippen LogP contribution in [0.3, 0.4) is 0 Å². The molecule has 1 aliphatic rings. The number of hydrogen-bond acceptors (Lipinski definition) is 10. The van der Waals surface area contributed by atoms with Gasteiger partial charge in [-0.05, 0) is 67.4 Å². The minimum Gasteiger partial charge on any atom is -0.497 e. The van der Waals surface area contributed by atoms with Crippen LogP contribution in [0.4, 0.5) is 5.69 Å². The van der Waals surface area contributed by atoms with Gasteiger partial charge in [0.1, 0.15) is 29.9 Å². The van der Waals surface area contributed by atoms with Gasteiger partial charge in [0.05, 0.1) is 41.6 Å². The number of carbonyl (C=O) groups excluding carboxylic acids is 1. The summed E-state index contributed by atoms with van der Waals surface area (Å²) in [5.74, 6) is 1.06. The lowest BCUT2D eigenvalue weighted by atomic mass is 9.95. The van der Waals surface area contributed by atoms with Crippen LogP contribution in [-0.2, 0) is 16.1 Å². The summed E-state index contributed by atoms with van der Waals surface area (Å²) in [5, 5.41) is 10.9. The minimum absolute atomic E-state index is 0.0186. The van der Waals surface area contributed by atoms with Crippen molar-refractivity contribution in [2.75, 3.05) is 20.8 Å². The Labute approximate surface area is 256 Å². The Morgan fingerprint density at radius 3 is 2.39 bits per heavy atom. The largest absolute Gasteiger partial charge is 0.497 e.